The lowest BCUT2D eigenvalue weighted by Gasteiger charge is -2.06. The summed E-state index contributed by atoms with van der Waals surface area (Å²) in [6.07, 6.45) is 0. The van der Waals surface area contributed by atoms with Crippen molar-refractivity contribution in [3.63, 3.8) is 0 Å². The van der Waals surface area contributed by atoms with Gasteiger partial charge in [0.15, 0.2) is 0 Å². The van der Waals surface area contributed by atoms with E-state index in [-0.39, 0.29) is 11.3 Å². The number of anilines is 1. The normalized spacial score (nSPS) is 10.1. The molecule has 0 saturated heterocycles. The van der Waals surface area contributed by atoms with E-state index in [1.54, 1.807) is 37.3 Å². The van der Waals surface area contributed by atoms with Gasteiger partial charge < -0.3 is 5.32 Å². The molecule has 102 valence electrons. The van der Waals surface area contributed by atoms with E-state index in [0.717, 1.165) is 5.56 Å². The first-order valence-corrected chi connectivity index (χ1v) is 6.17. The minimum atomic E-state index is -0.566. The fourth-order valence-corrected chi connectivity index (χ4v) is 1.84. The average Bonchev–Trinajstić information content (AvgIpc) is 2.41. The maximum absolute atomic E-state index is 12.1. The Balaban J connectivity index is 2.29. The van der Waals surface area contributed by atoms with E-state index in [1.807, 2.05) is 0 Å². The molecule has 1 amide bonds. The zero-order chi connectivity index (χ0) is 14.7. The number of benzene rings is 2. The third-order valence-electron chi connectivity index (χ3n) is 2.70. The number of hydrogen-bond donors (Lipinski definition) is 1. The number of nitrogens with one attached hydrogen (secondary N) is 1. The van der Waals surface area contributed by atoms with Crippen LogP contribution in [0, 0.1) is 17.0 Å². The summed E-state index contributed by atoms with van der Waals surface area (Å²) >= 11 is 5.75. The van der Waals surface area contributed by atoms with Crippen molar-refractivity contribution in [2.45, 2.75) is 6.92 Å². The van der Waals surface area contributed by atoms with E-state index in [9.17, 15) is 14.9 Å². The van der Waals surface area contributed by atoms with Crippen molar-refractivity contribution in [2.24, 2.45) is 0 Å². The van der Waals surface area contributed by atoms with Gasteiger partial charge in [-0.15, -0.1) is 0 Å². The number of hydrogen-bond acceptors (Lipinski definition) is 3. The Hall–Kier alpha value is -2.40. The molecule has 0 fully saturated rings. The lowest BCUT2D eigenvalue weighted by molar-refractivity contribution is -0.385. The summed E-state index contributed by atoms with van der Waals surface area (Å²) in [6, 6.07) is 11.0. The molecule has 6 heteroatoms. The van der Waals surface area contributed by atoms with Crippen LogP contribution >= 0.6 is 11.6 Å². The van der Waals surface area contributed by atoms with E-state index in [4.69, 9.17) is 11.6 Å². The quantitative estimate of drug-likeness (QED) is 0.690. The Morgan fingerprint density at radius 1 is 1.20 bits per heavy atom. The lowest BCUT2D eigenvalue weighted by atomic mass is 10.1. The first kappa shape index (κ1) is 14.0. The van der Waals surface area contributed by atoms with Crippen LogP contribution in [0.5, 0.6) is 0 Å². The minimum absolute atomic E-state index is 0.0237. The standard InChI is InChI=1S/C14H11ClN2O3/c1-9-2-7-12(13(8-9)17(19)20)14(18)16-11-5-3-10(15)4-6-11/h2-8H,1H3,(H,16,18). The van der Waals surface area contributed by atoms with Crippen molar-refractivity contribution < 1.29 is 9.72 Å². The summed E-state index contributed by atoms with van der Waals surface area (Å²) in [7, 11) is 0. The molecule has 0 heterocycles. The number of rotatable bonds is 3. The highest BCUT2D eigenvalue weighted by Crippen LogP contribution is 2.22. The van der Waals surface area contributed by atoms with Crippen LogP contribution in [0.25, 0.3) is 0 Å². The van der Waals surface area contributed by atoms with Gasteiger partial charge in [0.2, 0.25) is 0 Å². The molecule has 0 aliphatic heterocycles. The molecule has 2 aromatic rings. The summed E-state index contributed by atoms with van der Waals surface area (Å²) in [6.45, 7) is 1.73. The Labute approximate surface area is 120 Å². The van der Waals surface area contributed by atoms with Crippen LogP contribution in [0.15, 0.2) is 42.5 Å². The molecule has 0 aliphatic rings. The van der Waals surface area contributed by atoms with Gasteiger partial charge in [-0.3, -0.25) is 14.9 Å². The van der Waals surface area contributed by atoms with Gasteiger partial charge in [0.05, 0.1) is 4.92 Å². The highest BCUT2D eigenvalue weighted by molar-refractivity contribution is 6.30. The summed E-state index contributed by atoms with van der Waals surface area (Å²) in [5.74, 6) is -0.529. The number of amides is 1. The molecule has 0 atom stereocenters. The Bertz CT molecular complexity index is 669. The molecule has 20 heavy (non-hydrogen) atoms. The Kier molecular flexibility index (Phi) is 4.00. The maximum atomic E-state index is 12.1. The summed E-state index contributed by atoms with van der Waals surface area (Å²) in [5.41, 5.74) is 1.06. The van der Waals surface area contributed by atoms with Crippen LogP contribution in [-0.4, -0.2) is 10.8 Å². The molecule has 2 aromatic carbocycles. The number of nitro benzene ring substituents is 1. The zero-order valence-corrected chi connectivity index (χ0v) is 11.3. The summed E-state index contributed by atoms with van der Waals surface area (Å²) < 4.78 is 0. The summed E-state index contributed by atoms with van der Waals surface area (Å²) in [5, 5.41) is 14.1. The minimum Gasteiger partial charge on any atom is -0.322 e. The van der Waals surface area contributed by atoms with Crippen LogP contribution in [-0.2, 0) is 0 Å². The van der Waals surface area contributed by atoms with Gasteiger partial charge in [-0.05, 0) is 42.8 Å². The van der Waals surface area contributed by atoms with E-state index >= 15 is 0 Å². The third-order valence-corrected chi connectivity index (χ3v) is 2.95. The first-order valence-electron chi connectivity index (χ1n) is 5.79. The molecular weight excluding hydrogens is 280 g/mol. The monoisotopic (exact) mass is 290 g/mol. The largest absolute Gasteiger partial charge is 0.322 e. The van der Waals surface area contributed by atoms with Crippen LogP contribution in [0.4, 0.5) is 11.4 Å². The van der Waals surface area contributed by atoms with E-state index in [2.05, 4.69) is 5.32 Å². The molecule has 0 saturated carbocycles. The van der Waals surface area contributed by atoms with Crippen molar-refractivity contribution in [1.29, 1.82) is 0 Å². The highest BCUT2D eigenvalue weighted by Gasteiger charge is 2.20. The van der Waals surface area contributed by atoms with Crippen LogP contribution in [0.2, 0.25) is 5.02 Å². The molecular formula is C14H11ClN2O3. The number of nitrogens with zero attached hydrogens (tertiary/aromatic N) is 1. The third kappa shape index (κ3) is 3.13. The van der Waals surface area contributed by atoms with Crippen molar-refractivity contribution in [3.05, 3.63) is 68.7 Å². The SMILES string of the molecule is Cc1ccc(C(=O)Nc2ccc(Cl)cc2)c([N+](=O)[O-])c1. The lowest BCUT2D eigenvalue weighted by Crippen LogP contribution is -2.14. The fourth-order valence-electron chi connectivity index (χ4n) is 1.72. The number of carbonyl (C=O) groups excluding carboxylic acids is 1. The second-order valence-corrected chi connectivity index (χ2v) is 4.68. The fraction of sp³-hybridized carbons (Fsp3) is 0.0714. The van der Waals surface area contributed by atoms with Gasteiger partial charge in [0.25, 0.3) is 11.6 Å². The van der Waals surface area contributed by atoms with Gasteiger partial charge in [0.1, 0.15) is 5.56 Å². The Morgan fingerprint density at radius 3 is 2.45 bits per heavy atom. The number of halogens is 1. The van der Waals surface area contributed by atoms with E-state index in [0.29, 0.717) is 10.7 Å². The molecule has 0 spiro atoms. The smallest absolute Gasteiger partial charge is 0.282 e. The van der Waals surface area contributed by atoms with Gasteiger partial charge in [-0.1, -0.05) is 17.7 Å². The molecule has 1 N–H and O–H groups in total. The average molecular weight is 291 g/mol. The molecule has 0 radical (unpaired) electrons. The zero-order valence-electron chi connectivity index (χ0n) is 10.6. The summed E-state index contributed by atoms with van der Waals surface area (Å²) in [4.78, 5) is 22.5. The molecule has 0 aliphatic carbocycles. The number of aryl methyl sites for hydroxylation is 1. The molecule has 0 bridgehead atoms. The van der Waals surface area contributed by atoms with Crippen LogP contribution < -0.4 is 5.32 Å². The first-order chi connectivity index (χ1) is 9.47. The van der Waals surface area contributed by atoms with Crippen LogP contribution in [0.1, 0.15) is 15.9 Å². The molecule has 5 nitrogen and oxygen atoms in total. The second kappa shape index (κ2) is 5.71. The molecule has 0 aromatic heterocycles. The van der Waals surface area contributed by atoms with Crippen LogP contribution in [0.3, 0.4) is 0 Å². The number of carbonyl (C=O) groups is 1. The topological polar surface area (TPSA) is 72.2 Å². The van der Waals surface area contributed by atoms with Gasteiger partial charge in [-0.2, -0.15) is 0 Å². The van der Waals surface area contributed by atoms with E-state index in [1.165, 1.54) is 12.1 Å². The predicted molar refractivity (Wildman–Crippen MR) is 77.2 cm³/mol. The number of nitro groups is 1. The highest BCUT2D eigenvalue weighted by atomic mass is 35.5. The van der Waals surface area contributed by atoms with E-state index < -0.39 is 10.8 Å². The van der Waals surface area contributed by atoms with Crippen molar-refractivity contribution >= 4 is 28.9 Å². The van der Waals surface area contributed by atoms with Crippen molar-refractivity contribution in [3.8, 4) is 0 Å². The predicted octanol–water partition coefficient (Wildman–Crippen LogP) is 3.81. The second-order valence-electron chi connectivity index (χ2n) is 4.24. The van der Waals surface area contributed by atoms with Gasteiger partial charge in [0, 0.05) is 16.8 Å². The van der Waals surface area contributed by atoms with Crippen molar-refractivity contribution in [1.82, 2.24) is 0 Å². The van der Waals surface area contributed by atoms with Gasteiger partial charge in [-0.25, -0.2) is 0 Å². The molecule has 2 rings (SSSR count). The molecule has 0 unspecified atom stereocenters. The van der Waals surface area contributed by atoms with Crippen molar-refractivity contribution in [2.75, 3.05) is 5.32 Å². The maximum Gasteiger partial charge on any atom is 0.282 e. The van der Waals surface area contributed by atoms with Gasteiger partial charge >= 0.3 is 0 Å². The Morgan fingerprint density at radius 2 is 1.85 bits per heavy atom.